The SMILES string of the molecule is COc1cc(C)c(S(=O)(=O)[C@@H]2CS(=O)(=O)C[C@H]2N2CCCC2)cc1C. The Hall–Kier alpha value is -1.12. The predicted molar refractivity (Wildman–Crippen MR) is 96.7 cm³/mol. The molecule has 2 saturated heterocycles. The van der Waals surface area contributed by atoms with Gasteiger partial charge in [0.2, 0.25) is 0 Å². The number of aryl methyl sites for hydroxylation is 2. The fraction of sp³-hybridized carbons (Fsp3) is 0.647. The molecule has 140 valence electrons. The second kappa shape index (κ2) is 6.55. The van der Waals surface area contributed by atoms with Gasteiger partial charge in [0, 0.05) is 6.04 Å². The average molecular weight is 388 g/mol. The first-order valence-electron chi connectivity index (χ1n) is 8.49. The van der Waals surface area contributed by atoms with Crippen molar-refractivity contribution in [1.29, 1.82) is 0 Å². The first-order valence-corrected chi connectivity index (χ1v) is 11.9. The fourth-order valence-corrected chi connectivity index (χ4v) is 9.10. The summed E-state index contributed by atoms with van der Waals surface area (Å²) in [6.45, 7) is 5.06. The van der Waals surface area contributed by atoms with Crippen LogP contribution in [0.3, 0.4) is 0 Å². The minimum atomic E-state index is -3.75. The van der Waals surface area contributed by atoms with Gasteiger partial charge >= 0.3 is 0 Å². The molecule has 25 heavy (non-hydrogen) atoms. The maximum atomic E-state index is 13.3. The van der Waals surface area contributed by atoms with E-state index in [4.69, 9.17) is 4.74 Å². The lowest BCUT2D eigenvalue weighted by Gasteiger charge is -2.28. The molecule has 2 fully saturated rings. The van der Waals surface area contributed by atoms with E-state index < -0.39 is 31.0 Å². The second-order valence-electron chi connectivity index (χ2n) is 7.06. The van der Waals surface area contributed by atoms with Gasteiger partial charge in [-0.05, 0) is 63.0 Å². The average Bonchev–Trinajstić information content (AvgIpc) is 3.16. The van der Waals surface area contributed by atoms with Gasteiger partial charge in [-0.25, -0.2) is 16.8 Å². The van der Waals surface area contributed by atoms with Gasteiger partial charge < -0.3 is 4.74 Å². The van der Waals surface area contributed by atoms with Crippen molar-refractivity contribution in [3.05, 3.63) is 23.3 Å². The minimum Gasteiger partial charge on any atom is -0.496 e. The molecule has 0 amide bonds. The number of methoxy groups -OCH3 is 1. The largest absolute Gasteiger partial charge is 0.496 e. The molecular formula is C17H25NO5S2. The van der Waals surface area contributed by atoms with Crippen LogP contribution in [0.2, 0.25) is 0 Å². The van der Waals surface area contributed by atoms with Crippen LogP contribution < -0.4 is 4.74 Å². The summed E-state index contributed by atoms with van der Waals surface area (Å²) in [6.07, 6.45) is 1.98. The van der Waals surface area contributed by atoms with Crippen LogP contribution in [-0.2, 0) is 19.7 Å². The van der Waals surface area contributed by atoms with Gasteiger partial charge in [0.1, 0.15) is 5.75 Å². The third kappa shape index (κ3) is 3.44. The predicted octanol–water partition coefficient (Wildman–Crippen LogP) is 1.35. The van der Waals surface area contributed by atoms with Crippen LogP contribution >= 0.6 is 0 Å². The molecule has 0 N–H and O–H groups in total. The van der Waals surface area contributed by atoms with E-state index in [0.717, 1.165) is 31.5 Å². The van der Waals surface area contributed by atoms with Gasteiger partial charge in [-0.1, -0.05) is 0 Å². The molecule has 1 aromatic rings. The first-order chi connectivity index (χ1) is 11.7. The fourth-order valence-electron chi connectivity index (χ4n) is 3.96. The highest BCUT2D eigenvalue weighted by Gasteiger charge is 2.48. The third-order valence-corrected chi connectivity index (χ3v) is 9.54. The summed E-state index contributed by atoms with van der Waals surface area (Å²) in [4.78, 5) is 2.26. The summed E-state index contributed by atoms with van der Waals surface area (Å²) in [5, 5.41) is -0.901. The molecule has 0 unspecified atom stereocenters. The number of hydrogen-bond acceptors (Lipinski definition) is 6. The number of rotatable bonds is 4. The Kier molecular flexibility index (Phi) is 4.89. The van der Waals surface area contributed by atoms with E-state index in [9.17, 15) is 16.8 Å². The van der Waals surface area contributed by atoms with E-state index in [1.807, 2.05) is 4.90 Å². The quantitative estimate of drug-likeness (QED) is 0.776. The summed E-state index contributed by atoms with van der Waals surface area (Å²) in [6, 6.07) is 2.87. The smallest absolute Gasteiger partial charge is 0.184 e. The van der Waals surface area contributed by atoms with E-state index in [1.165, 1.54) is 0 Å². The van der Waals surface area contributed by atoms with Crippen LogP contribution in [0.5, 0.6) is 5.75 Å². The lowest BCUT2D eigenvalue weighted by atomic mass is 10.1. The number of hydrogen-bond donors (Lipinski definition) is 0. The number of ether oxygens (including phenoxy) is 1. The summed E-state index contributed by atoms with van der Waals surface area (Å²) in [5.74, 6) is 0.276. The van der Waals surface area contributed by atoms with Crippen LogP contribution in [0.15, 0.2) is 17.0 Å². The van der Waals surface area contributed by atoms with Crippen molar-refractivity contribution in [3.8, 4) is 5.75 Å². The standard InChI is InChI=1S/C17H25NO5S2/c1-12-9-16(13(2)8-15(12)23-3)25(21,22)17-11-24(19,20)10-14(17)18-6-4-5-7-18/h8-9,14,17H,4-7,10-11H2,1-3H3/t14-,17-/m1/s1. The summed E-state index contributed by atoms with van der Waals surface area (Å²) in [7, 11) is -5.56. The van der Waals surface area contributed by atoms with Gasteiger partial charge in [0.15, 0.2) is 19.7 Å². The van der Waals surface area contributed by atoms with E-state index in [2.05, 4.69) is 0 Å². The Labute approximate surface area is 150 Å². The van der Waals surface area contributed by atoms with Gasteiger partial charge in [0.05, 0.1) is 28.8 Å². The lowest BCUT2D eigenvalue weighted by molar-refractivity contribution is 0.264. The van der Waals surface area contributed by atoms with Crippen molar-refractivity contribution in [1.82, 2.24) is 4.90 Å². The lowest BCUT2D eigenvalue weighted by Crippen LogP contribution is -2.45. The Balaban J connectivity index is 2.04. The highest BCUT2D eigenvalue weighted by Crippen LogP contribution is 2.34. The van der Waals surface area contributed by atoms with E-state index in [-0.39, 0.29) is 16.4 Å². The Morgan fingerprint density at radius 2 is 1.72 bits per heavy atom. The molecule has 0 spiro atoms. The zero-order chi connectivity index (χ0) is 18.4. The monoisotopic (exact) mass is 387 g/mol. The summed E-state index contributed by atoms with van der Waals surface area (Å²) < 4.78 is 56.4. The number of nitrogens with zero attached hydrogens (tertiary/aromatic N) is 1. The maximum Gasteiger partial charge on any atom is 0.184 e. The molecule has 2 aliphatic heterocycles. The molecule has 0 bridgehead atoms. The molecule has 0 saturated carbocycles. The highest BCUT2D eigenvalue weighted by molar-refractivity contribution is 7.96. The second-order valence-corrected chi connectivity index (χ2v) is 11.3. The molecule has 2 atom stereocenters. The van der Waals surface area contributed by atoms with Gasteiger partial charge in [-0.15, -0.1) is 0 Å². The van der Waals surface area contributed by atoms with Crippen molar-refractivity contribution in [2.24, 2.45) is 0 Å². The van der Waals surface area contributed by atoms with Crippen molar-refractivity contribution in [2.45, 2.75) is 42.9 Å². The van der Waals surface area contributed by atoms with Crippen molar-refractivity contribution < 1.29 is 21.6 Å². The molecule has 1 aromatic carbocycles. The third-order valence-electron chi connectivity index (χ3n) is 5.28. The Morgan fingerprint density at radius 1 is 1.08 bits per heavy atom. The van der Waals surface area contributed by atoms with E-state index >= 15 is 0 Å². The van der Waals surface area contributed by atoms with Gasteiger partial charge in [0.25, 0.3) is 0 Å². The highest BCUT2D eigenvalue weighted by atomic mass is 32.2. The van der Waals surface area contributed by atoms with Crippen LogP contribution in [-0.4, -0.2) is 64.7 Å². The molecule has 0 radical (unpaired) electrons. The number of likely N-dealkylation sites (tertiary alicyclic amines) is 1. The first kappa shape index (κ1) is 18.7. The zero-order valence-corrected chi connectivity index (χ0v) is 16.5. The van der Waals surface area contributed by atoms with Crippen molar-refractivity contribution >= 4 is 19.7 Å². The van der Waals surface area contributed by atoms with Crippen molar-refractivity contribution in [3.63, 3.8) is 0 Å². The van der Waals surface area contributed by atoms with Gasteiger partial charge in [-0.3, -0.25) is 4.90 Å². The molecule has 2 aliphatic rings. The minimum absolute atomic E-state index is 0.0644. The summed E-state index contributed by atoms with van der Waals surface area (Å²) in [5.41, 5.74) is 1.32. The van der Waals surface area contributed by atoms with Crippen molar-refractivity contribution in [2.75, 3.05) is 31.7 Å². The maximum absolute atomic E-state index is 13.3. The molecule has 3 rings (SSSR count). The summed E-state index contributed by atoms with van der Waals surface area (Å²) >= 11 is 0. The van der Waals surface area contributed by atoms with E-state index in [0.29, 0.717) is 11.3 Å². The normalized spacial score (nSPS) is 26.8. The molecule has 0 aliphatic carbocycles. The van der Waals surface area contributed by atoms with Crippen LogP contribution in [0, 0.1) is 13.8 Å². The van der Waals surface area contributed by atoms with E-state index in [1.54, 1.807) is 33.1 Å². The molecular weight excluding hydrogens is 362 g/mol. The zero-order valence-electron chi connectivity index (χ0n) is 14.9. The molecule has 6 nitrogen and oxygen atoms in total. The van der Waals surface area contributed by atoms with Gasteiger partial charge in [-0.2, -0.15) is 0 Å². The van der Waals surface area contributed by atoms with Crippen LogP contribution in [0.25, 0.3) is 0 Å². The topological polar surface area (TPSA) is 80.8 Å². The molecule has 2 heterocycles. The number of sulfone groups is 2. The molecule has 0 aromatic heterocycles. The number of benzene rings is 1. The van der Waals surface area contributed by atoms with Crippen LogP contribution in [0.1, 0.15) is 24.0 Å². The van der Waals surface area contributed by atoms with Crippen LogP contribution in [0.4, 0.5) is 0 Å². The Bertz CT molecular complexity index is 871. The molecule has 8 heteroatoms. The Morgan fingerprint density at radius 3 is 2.32 bits per heavy atom.